The van der Waals surface area contributed by atoms with Crippen molar-refractivity contribution in [2.24, 2.45) is 0 Å². The van der Waals surface area contributed by atoms with Gasteiger partial charge in [0.1, 0.15) is 6.04 Å². The van der Waals surface area contributed by atoms with Crippen molar-refractivity contribution < 1.29 is 24.2 Å². The molecule has 0 heterocycles. The minimum absolute atomic E-state index is 0.0570. The van der Waals surface area contributed by atoms with E-state index in [4.69, 9.17) is 27.9 Å². The van der Waals surface area contributed by atoms with Gasteiger partial charge in [-0.15, -0.1) is 0 Å². The van der Waals surface area contributed by atoms with Crippen molar-refractivity contribution in [1.29, 1.82) is 0 Å². The average molecular weight is 556 g/mol. The van der Waals surface area contributed by atoms with Gasteiger partial charge in [-0.2, -0.15) is 0 Å². The second-order valence-corrected chi connectivity index (χ2v) is 9.74. The Balaban J connectivity index is 1.31. The largest absolute Gasteiger partial charge is 0.480 e. The molecule has 1 aliphatic carbocycles. The number of hydrogen-bond acceptors (Lipinski definition) is 4. The molecule has 1 aliphatic rings. The lowest BCUT2D eigenvalue weighted by molar-refractivity contribution is -0.139. The van der Waals surface area contributed by atoms with Crippen LogP contribution in [0.25, 0.3) is 0 Å². The highest BCUT2D eigenvalue weighted by molar-refractivity contribution is 6.39. The molecule has 0 saturated heterocycles. The molecule has 3 aromatic carbocycles. The molecule has 0 saturated carbocycles. The van der Waals surface area contributed by atoms with Crippen molar-refractivity contribution in [2.45, 2.75) is 38.1 Å². The van der Waals surface area contributed by atoms with Gasteiger partial charge in [-0.25, -0.2) is 9.59 Å². The van der Waals surface area contributed by atoms with E-state index < -0.39 is 23.9 Å². The molecule has 3 aromatic rings. The lowest BCUT2D eigenvalue weighted by Crippen LogP contribution is -2.50. The average Bonchev–Trinajstić information content (AvgIpc) is 3.29. The molecule has 10 heteroatoms. The van der Waals surface area contributed by atoms with Crippen LogP contribution in [0.2, 0.25) is 10.0 Å². The number of urea groups is 1. The normalized spacial score (nSPS) is 14.8. The van der Waals surface area contributed by atoms with E-state index in [0.29, 0.717) is 12.2 Å². The maximum absolute atomic E-state index is 12.9. The topological polar surface area (TPSA) is 117 Å². The summed E-state index contributed by atoms with van der Waals surface area (Å²) in [5, 5.41) is 17.5. The van der Waals surface area contributed by atoms with Crippen molar-refractivity contribution in [3.05, 3.63) is 105 Å². The highest BCUT2D eigenvalue weighted by Gasteiger charge is 2.26. The number of rotatable bonds is 10. The Morgan fingerprint density at radius 3 is 2.32 bits per heavy atom. The van der Waals surface area contributed by atoms with E-state index in [0.717, 1.165) is 24.0 Å². The molecule has 38 heavy (non-hydrogen) atoms. The van der Waals surface area contributed by atoms with E-state index in [9.17, 15) is 19.5 Å². The van der Waals surface area contributed by atoms with Crippen LogP contribution in [-0.4, -0.2) is 35.6 Å². The van der Waals surface area contributed by atoms with Gasteiger partial charge in [0, 0.05) is 0 Å². The van der Waals surface area contributed by atoms with Crippen molar-refractivity contribution in [3.63, 3.8) is 0 Å². The standard InChI is InChI=1S/C28H27Cl2N3O5/c29-21-12-18(16-38-15-17-6-2-1-3-7-17)13-22(30)25(21)26(34)32-24(27(35)36)14-31-28(37)33-23-11-10-19-8-4-5-9-20(19)23/h1-9,12-13,23-24H,10-11,14-16H2,(H,32,34)(H,35,36)(H2,31,33,37)/t23-,24+/m1/s1. The number of ether oxygens (including phenoxy) is 1. The summed E-state index contributed by atoms with van der Waals surface area (Å²) in [7, 11) is 0. The number of amides is 3. The molecule has 198 valence electrons. The number of carboxylic acids is 1. The Kier molecular flexibility index (Phi) is 9.23. The van der Waals surface area contributed by atoms with Gasteiger partial charge in [0.2, 0.25) is 0 Å². The van der Waals surface area contributed by atoms with Gasteiger partial charge in [-0.3, -0.25) is 4.79 Å². The molecule has 0 spiro atoms. The van der Waals surface area contributed by atoms with E-state index >= 15 is 0 Å². The fraction of sp³-hybridized carbons (Fsp3) is 0.250. The zero-order valence-electron chi connectivity index (χ0n) is 20.4. The molecule has 0 radical (unpaired) electrons. The fourth-order valence-electron chi connectivity index (χ4n) is 4.33. The van der Waals surface area contributed by atoms with Crippen molar-refractivity contribution in [2.75, 3.05) is 6.54 Å². The summed E-state index contributed by atoms with van der Waals surface area (Å²) in [6.45, 7) is 0.285. The molecule has 0 aliphatic heterocycles. The summed E-state index contributed by atoms with van der Waals surface area (Å²) in [5.41, 5.74) is 3.84. The van der Waals surface area contributed by atoms with E-state index in [1.807, 2.05) is 54.6 Å². The fourth-order valence-corrected chi connectivity index (χ4v) is 5.03. The van der Waals surface area contributed by atoms with Crippen LogP contribution < -0.4 is 16.0 Å². The van der Waals surface area contributed by atoms with Gasteiger partial charge in [-0.1, -0.05) is 77.8 Å². The number of fused-ring (bicyclic) bond motifs is 1. The van der Waals surface area contributed by atoms with Gasteiger partial charge in [0.15, 0.2) is 0 Å². The Labute approximate surface area is 230 Å². The molecule has 0 unspecified atom stereocenters. The number of halogens is 2. The van der Waals surface area contributed by atoms with Crippen LogP contribution in [0.3, 0.4) is 0 Å². The molecule has 4 rings (SSSR count). The highest BCUT2D eigenvalue weighted by atomic mass is 35.5. The number of carbonyl (C=O) groups excluding carboxylic acids is 2. The monoisotopic (exact) mass is 555 g/mol. The van der Waals surface area contributed by atoms with E-state index in [-0.39, 0.29) is 34.8 Å². The molecule has 3 amide bonds. The van der Waals surface area contributed by atoms with Crippen LogP contribution in [-0.2, 0) is 29.2 Å². The SMILES string of the molecule is O=C(NC[C@H](NC(=O)c1c(Cl)cc(COCc2ccccc2)cc1Cl)C(=O)O)N[C@@H]1CCc2ccccc21. The molecule has 0 fully saturated rings. The Hall–Kier alpha value is -3.59. The van der Waals surface area contributed by atoms with Crippen LogP contribution >= 0.6 is 23.2 Å². The first kappa shape index (κ1) is 27.4. The third-order valence-electron chi connectivity index (χ3n) is 6.22. The summed E-state index contributed by atoms with van der Waals surface area (Å²) in [6.07, 6.45) is 1.62. The molecular weight excluding hydrogens is 529 g/mol. The van der Waals surface area contributed by atoms with E-state index in [1.54, 1.807) is 12.1 Å². The van der Waals surface area contributed by atoms with Crippen LogP contribution in [0.4, 0.5) is 4.79 Å². The number of benzene rings is 3. The van der Waals surface area contributed by atoms with Crippen molar-refractivity contribution in [1.82, 2.24) is 16.0 Å². The van der Waals surface area contributed by atoms with Crippen molar-refractivity contribution in [3.8, 4) is 0 Å². The second-order valence-electron chi connectivity index (χ2n) is 8.92. The Morgan fingerprint density at radius 1 is 0.947 bits per heavy atom. The van der Waals surface area contributed by atoms with Gasteiger partial charge < -0.3 is 25.8 Å². The number of nitrogens with one attached hydrogen (secondary N) is 3. The molecule has 0 bridgehead atoms. The third-order valence-corrected chi connectivity index (χ3v) is 6.81. The van der Waals surface area contributed by atoms with Gasteiger partial charge >= 0.3 is 12.0 Å². The maximum Gasteiger partial charge on any atom is 0.328 e. The smallest absolute Gasteiger partial charge is 0.328 e. The molecular formula is C28H27Cl2N3O5. The summed E-state index contributed by atoms with van der Waals surface area (Å²) in [5.74, 6) is -2.08. The molecule has 2 atom stereocenters. The van der Waals surface area contributed by atoms with Crippen LogP contribution in [0.15, 0.2) is 66.7 Å². The number of aryl methyl sites for hydroxylation is 1. The lowest BCUT2D eigenvalue weighted by atomic mass is 10.1. The van der Waals surface area contributed by atoms with Crippen LogP contribution in [0.1, 0.15) is 45.1 Å². The van der Waals surface area contributed by atoms with E-state index in [1.165, 1.54) is 5.56 Å². The predicted octanol–water partition coefficient (Wildman–Crippen LogP) is 4.88. The first-order chi connectivity index (χ1) is 18.3. The Bertz CT molecular complexity index is 1300. The number of carboxylic acid groups (broad SMARTS) is 1. The van der Waals surface area contributed by atoms with Gasteiger partial charge in [-0.05, 0) is 47.2 Å². The third kappa shape index (κ3) is 7.04. The molecule has 4 N–H and O–H groups in total. The van der Waals surface area contributed by atoms with Gasteiger partial charge in [0.25, 0.3) is 5.91 Å². The number of carbonyl (C=O) groups is 3. The predicted molar refractivity (Wildman–Crippen MR) is 144 cm³/mol. The van der Waals surface area contributed by atoms with Crippen LogP contribution in [0, 0.1) is 0 Å². The van der Waals surface area contributed by atoms with Gasteiger partial charge in [0.05, 0.1) is 41.4 Å². The summed E-state index contributed by atoms with van der Waals surface area (Å²) in [4.78, 5) is 37.1. The number of hydrogen-bond donors (Lipinski definition) is 4. The Morgan fingerprint density at radius 2 is 1.61 bits per heavy atom. The minimum Gasteiger partial charge on any atom is -0.480 e. The zero-order chi connectivity index (χ0) is 27.1. The van der Waals surface area contributed by atoms with Crippen molar-refractivity contribution >= 4 is 41.1 Å². The first-order valence-corrected chi connectivity index (χ1v) is 12.8. The summed E-state index contributed by atoms with van der Waals surface area (Å²) in [6, 6.07) is 18.5. The maximum atomic E-state index is 12.9. The summed E-state index contributed by atoms with van der Waals surface area (Å²) < 4.78 is 5.69. The minimum atomic E-state index is -1.40. The highest BCUT2D eigenvalue weighted by Crippen LogP contribution is 2.30. The number of aliphatic carboxylic acids is 1. The zero-order valence-corrected chi connectivity index (χ0v) is 21.9. The van der Waals surface area contributed by atoms with Crippen LogP contribution in [0.5, 0.6) is 0 Å². The van der Waals surface area contributed by atoms with E-state index in [2.05, 4.69) is 16.0 Å². The first-order valence-electron chi connectivity index (χ1n) is 12.1. The quantitative estimate of drug-likeness (QED) is 0.284. The molecule has 0 aromatic heterocycles. The summed E-state index contributed by atoms with van der Waals surface area (Å²) >= 11 is 12.6. The molecule has 8 nitrogen and oxygen atoms in total. The second kappa shape index (κ2) is 12.8. The lowest BCUT2D eigenvalue weighted by Gasteiger charge is -2.19.